The summed E-state index contributed by atoms with van der Waals surface area (Å²) in [6.07, 6.45) is 0. The van der Waals surface area contributed by atoms with Gasteiger partial charge in [-0.15, -0.1) is 0 Å². The monoisotopic (exact) mass is 190 g/mol. The van der Waals surface area contributed by atoms with Gasteiger partial charge in [0.15, 0.2) is 0 Å². The second-order valence-electron chi connectivity index (χ2n) is 2.90. The third-order valence-electron chi connectivity index (χ3n) is 1.35. The van der Waals surface area contributed by atoms with Crippen molar-refractivity contribution in [3.8, 4) is 0 Å². The van der Waals surface area contributed by atoms with Crippen molar-refractivity contribution in [3.63, 3.8) is 0 Å². The first-order chi connectivity index (χ1) is 5.57. The van der Waals surface area contributed by atoms with Crippen LogP contribution in [0.2, 0.25) is 0 Å². The van der Waals surface area contributed by atoms with Crippen LogP contribution in [0.15, 0.2) is 0 Å². The number of urea groups is 1. The fourth-order valence-electron chi connectivity index (χ4n) is 0.676. The molecule has 1 N–H and O–H groups in total. The molecule has 0 fully saturated rings. The van der Waals surface area contributed by atoms with Crippen molar-refractivity contribution in [2.45, 2.75) is 19.9 Å². The number of thioether (sulfide) groups is 1. The fraction of sp³-hybridized carbons (Fsp3) is 0.875. The molecular weight excluding hydrogens is 172 g/mol. The molecule has 0 aliphatic carbocycles. The zero-order valence-electron chi connectivity index (χ0n) is 8.26. The number of nitrogens with one attached hydrogen (secondary N) is 1. The van der Waals surface area contributed by atoms with E-state index in [9.17, 15) is 4.79 Å². The molecule has 0 rings (SSSR count). The molecule has 72 valence electrons. The Morgan fingerprint density at radius 1 is 1.58 bits per heavy atom. The molecule has 0 aliphatic rings. The highest BCUT2D eigenvalue weighted by Gasteiger charge is 2.07. The highest BCUT2D eigenvalue weighted by molar-refractivity contribution is 7.99. The van der Waals surface area contributed by atoms with Crippen LogP contribution in [0, 0.1) is 0 Å². The van der Waals surface area contributed by atoms with Crippen LogP contribution in [0.4, 0.5) is 4.79 Å². The average molecular weight is 190 g/mol. The van der Waals surface area contributed by atoms with Crippen LogP contribution in [0.1, 0.15) is 13.8 Å². The molecule has 2 amide bonds. The lowest BCUT2D eigenvalue weighted by atomic mass is 10.4. The number of amides is 2. The van der Waals surface area contributed by atoms with E-state index in [1.54, 1.807) is 19.0 Å². The Morgan fingerprint density at radius 3 is 2.58 bits per heavy atom. The Hall–Kier alpha value is -0.380. The highest BCUT2D eigenvalue weighted by atomic mass is 32.2. The summed E-state index contributed by atoms with van der Waals surface area (Å²) < 4.78 is 0. The lowest BCUT2D eigenvalue weighted by Crippen LogP contribution is -2.41. The molecule has 0 aliphatic heterocycles. The van der Waals surface area contributed by atoms with Crippen LogP contribution in [0.5, 0.6) is 0 Å². The Kier molecular flexibility index (Phi) is 5.98. The number of rotatable bonds is 4. The normalized spacial score (nSPS) is 12.3. The minimum atomic E-state index is -0.0146. The smallest absolute Gasteiger partial charge is 0.317 e. The molecule has 0 aromatic carbocycles. The summed E-state index contributed by atoms with van der Waals surface area (Å²) in [6, 6.07) is 0.240. The van der Waals surface area contributed by atoms with Gasteiger partial charge in [0, 0.05) is 25.9 Å². The fourth-order valence-corrected chi connectivity index (χ4v) is 1.35. The lowest BCUT2D eigenvalue weighted by Gasteiger charge is -2.17. The molecule has 0 aromatic rings. The van der Waals surface area contributed by atoms with Gasteiger partial charge in [0.05, 0.1) is 0 Å². The summed E-state index contributed by atoms with van der Waals surface area (Å²) in [6.45, 7) is 4.13. The Balaban J connectivity index is 3.54. The lowest BCUT2D eigenvalue weighted by molar-refractivity contribution is 0.215. The zero-order valence-corrected chi connectivity index (χ0v) is 9.07. The van der Waals surface area contributed by atoms with Gasteiger partial charge in [-0.3, -0.25) is 0 Å². The molecular formula is C8H18N2OS. The summed E-state index contributed by atoms with van der Waals surface area (Å²) in [5.74, 6) is 2.08. The number of nitrogens with zero attached hydrogens (tertiary/aromatic N) is 1. The predicted octanol–water partition coefficient (Wildman–Crippen LogP) is 1.40. The van der Waals surface area contributed by atoms with Gasteiger partial charge in [-0.05, 0) is 12.7 Å². The van der Waals surface area contributed by atoms with Gasteiger partial charge in [-0.25, -0.2) is 4.79 Å². The minimum Gasteiger partial charge on any atom is -0.335 e. The maximum Gasteiger partial charge on any atom is 0.317 e. The molecule has 0 bridgehead atoms. The van der Waals surface area contributed by atoms with Crippen molar-refractivity contribution in [2.75, 3.05) is 25.6 Å². The van der Waals surface area contributed by atoms with Gasteiger partial charge >= 0.3 is 6.03 Å². The van der Waals surface area contributed by atoms with Gasteiger partial charge in [0.1, 0.15) is 0 Å². The van der Waals surface area contributed by atoms with Crippen LogP contribution in [0.3, 0.4) is 0 Å². The number of carbonyl (C=O) groups excluding carboxylic acids is 1. The summed E-state index contributed by atoms with van der Waals surface area (Å²) in [4.78, 5) is 12.7. The van der Waals surface area contributed by atoms with E-state index >= 15 is 0 Å². The molecule has 0 saturated carbocycles. The molecule has 0 saturated heterocycles. The zero-order chi connectivity index (χ0) is 9.56. The van der Waals surface area contributed by atoms with Crippen LogP contribution in [0.25, 0.3) is 0 Å². The maximum atomic E-state index is 11.1. The van der Waals surface area contributed by atoms with Gasteiger partial charge in [0.25, 0.3) is 0 Å². The van der Waals surface area contributed by atoms with Crippen LogP contribution in [-0.4, -0.2) is 42.6 Å². The number of carbonyl (C=O) groups is 1. The molecule has 12 heavy (non-hydrogen) atoms. The van der Waals surface area contributed by atoms with Gasteiger partial charge in [-0.2, -0.15) is 11.8 Å². The van der Waals surface area contributed by atoms with Crippen molar-refractivity contribution in [3.05, 3.63) is 0 Å². The maximum absolute atomic E-state index is 11.1. The summed E-state index contributed by atoms with van der Waals surface area (Å²) in [5.41, 5.74) is 0. The Morgan fingerprint density at radius 2 is 2.17 bits per heavy atom. The predicted molar refractivity (Wildman–Crippen MR) is 54.7 cm³/mol. The van der Waals surface area contributed by atoms with Gasteiger partial charge in [-0.1, -0.05) is 6.92 Å². The summed E-state index contributed by atoms with van der Waals surface area (Å²) in [5, 5.41) is 2.88. The standard InChI is InChI=1S/C8H18N2OS/c1-5-12-6-7(2)9-8(11)10(3)4/h7H,5-6H2,1-4H3,(H,9,11). The van der Waals surface area contributed by atoms with E-state index in [0.717, 1.165) is 11.5 Å². The number of hydrogen-bond acceptors (Lipinski definition) is 2. The van der Waals surface area contributed by atoms with Gasteiger partial charge < -0.3 is 10.2 Å². The second kappa shape index (κ2) is 6.17. The van der Waals surface area contributed by atoms with E-state index < -0.39 is 0 Å². The average Bonchev–Trinajstić information content (AvgIpc) is 2.00. The van der Waals surface area contributed by atoms with Crippen molar-refractivity contribution in [2.24, 2.45) is 0 Å². The van der Waals surface area contributed by atoms with Crippen molar-refractivity contribution >= 4 is 17.8 Å². The van der Waals surface area contributed by atoms with Crippen LogP contribution in [-0.2, 0) is 0 Å². The van der Waals surface area contributed by atoms with Crippen LogP contribution < -0.4 is 5.32 Å². The molecule has 1 unspecified atom stereocenters. The molecule has 0 heterocycles. The van der Waals surface area contributed by atoms with E-state index in [2.05, 4.69) is 12.2 Å². The SMILES string of the molecule is CCSCC(C)NC(=O)N(C)C. The summed E-state index contributed by atoms with van der Waals surface area (Å²) in [7, 11) is 3.49. The molecule has 0 radical (unpaired) electrons. The van der Waals surface area contributed by atoms with Crippen molar-refractivity contribution < 1.29 is 4.79 Å². The first-order valence-electron chi connectivity index (χ1n) is 4.13. The molecule has 0 aromatic heterocycles. The first-order valence-corrected chi connectivity index (χ1v) is 5.29. The van der Waals surface area contributed by atoms with Crippen molar-refractivity contribution in [1.29, 1.82) is 0 Å². The minimum absolute atomic E-state index is 0.0146. The quantitative estimate of drug-likeness (QED) is 0.726. The van der Waals surface area contributed by atoms with Crippen molar-refractivity contribution in [1.82, 2.24) is 10.2 Å². The first kappa shape index (κ1) is 11.6. The third-order valence-corrected chi connectivity index (χ3v) is 2.49. The molecule has 4 heteroatoms. The van der Waals surface area contributed by atoms with E-state index in [4.69, 9.17) is 0 Å². The topological polar surface area (TPSA) is 32.3 Å². The molecule has 1 atom stereocenters. The van der Waals surface area contributed by atoms with E-state index in [0.29, 0.717) is 0 Å². The molecule has 0 spiro atoms. The molecule has 3 nitrogen and oxygen atoms in total. The third kappa shape index (κ3) is 5.29. The van der Waals surface area contributed by atoms with E-state index in [-0.39, 0.29) is 12.1 Å². The van der Waals surface area contributed by atoms with Gasteiger partial charge in [0.2, 0.25) is 0 Å². The summed E-state index contributed by atoms with van der Waals surface area (Å²) >= 11 is 1.84. The number of hydrogen-bond donors (Lipinski definition) is 1. The second-order valence-corrected chi connectivity index (χ2v) is 4.22. The largest absolute Gasteiger partial charge is 0.335 e. The highest BCUT2D eigenvalue weighted by Crippen LogP contribution is 2.01. The Labute approximate surface area is 78.9 Å². The Bertz CT molecular complexity index is 139. The van der Waals surface area contributed by atoms with E-state index in [1.165, 1.54) is 0 Å². The van der Waals surface area contributed by atoms with E-state index in [1.807, 2.05) is 18.7 Å². The van der Waals surface area contributed by atoms with Crippen LogP contribution >= 0.6 is 11.8 Å².